The first-order valence-electron chi connectivity index (χ1n) is 12.8. The Balaban J connectivity index is 1.36. The van der Waals surface area contributed by atoms with Gasteiger partial charge in [-0.25, -0.2) is 8.42 Å². The first-order chi connectivity index (χ1) is 16.7. The number of benzene rings is 1. The number of carbonyl (C=O) groups is 1. The van der Waals surface area contributed by atoms with Crippen molar-refractivity contribution in [2.45, 2.75) is 57.4 Å². The van der Waals surface area contributed by atoms with E-state index in [9.17, 15) is 13.2 Å². The highest BCUT2D eigenvalue weighted by Gasteiger charge is 2.48. The number of aryl methyl sites for hydroxylation is 1. The lowest BCUT2D eigenvalue weighted by Crippen LogP contribution is -2.50. The fourth-order valence-electron chi connectivity index (χ4n) is 5.20. The third-order valence-electron chi connectivity index (χ3n) is 7.48. The van der Waals surface area contributed by atoms with Crippen molar-refractivity contribution in [2.75, 3.05) is 45.6 Å². The van der Waals surface area contributed by atoms with Crippen LogP contribution < -0.4 is 10.6 Å². The van der Waals surface area contributed by atoms with Gasteiger partial charge in [-0.1, -0.05) is 25.3 Å². The molecule has 1 saturated heterocycles. The molecule has 1 amide bonds. The maximum absolute atomic E-state index is 13.0. The Kier molecular flexibility index (Phi) is 7.98. The summed E-state index contributed by atoms with van der Waals surface area (Å²) in [4.78, 5) is 19.8. The average molecular weight is 502 g/mol. The number of hydrogen-bond donors (Lipinski definition) is 2. The van der Waals surface area contributed by atoms with E-state index in [1.54, 1.807) is 6.08 Å². The molecule has 35 heavy (non-hydrogen) atoms. The highest BCUT2D eigenvalue weighted by Crippen LogP contribution is 2.35. The van der Waals surface area contributed by atoms with E-state index in [1.165, 1.54) is 29.0 Å². The largest absolute Gasteiger partial charge is 0.384 e. The molecule has 2 N–H and O–H groups in total. The second kappa shape index (κ2) is 10.8. The van der Waals surface area contributed by atoms with E-state index in [1.807, 2.05) is 39.2 Å². The van der Waals surface area contributed by atoms with E-state index in [4.69, 9.17) is 4.99 Å². The van der Waals surface area contributed by atoms with E-state index in [0.717, 1.165) is 48.6 Å². The number of rotatable bonds is 8. The van der Waals surface area contributed by atoms with Gasteiger partial charge in [0.2, 0.25) is 10.0 Å². The van der Waals surface area contributed by atoms with Crippen molar-refractivity contribution in [3.63, 3.8) is 0 Å². The smallest absolute Gasteiger partial charge is 0.253 e. The Morgan fingerprint density at radius 2 is 1.91 bits per heavy atom. The lowest BCUT2D eigenvalue weighted by atomic mass is 9.88. The molecule has 9 heteroatoms. The number of anilines is 1. The topological polar surface area (TPSA) is 94.1 Å². The molecule has 1 aromatic rings. The predicted octanol–water partition coefficient (Wildman–Crippen LogP) is 3.21. The summed E-state index contributed by atoms with van der Waals surface area (Å²) in [7, 11) is 0.493. The average Bonchev–Trinajstić information content (AvgIpc) is 3.14. The predicted molar refractivity (Wildman–Crippen MR) is 142 cm³/mol. The van der Waals surface area contributed by atoms with E-state index >= 15 is 0 Å². The van der Waals surface area contributed by atoms with Crippen LogP contribution in [-0.4, -0.2) is 75.2 Å². The minimum Gasteiger partial charge on any atom is -0.384 e. The van der Waals surface area contributed by atoms with Crippen LogP contribution in [0.3, 0.4) is 0 Å². The number of sulfonamides is 1. The van der Waals surface area contributed by atoms with Crippen LogP contribution in [-0.2, 0) is 14.8 Å². The molecule has 4 rings (SSSR count). The van der Waals surface area contributed by atoms with Gasteiger partial charge in [0.25, 0.3) is 5.91 Å². The van der Waals surface area contributed by atoms with Gasteiger partial charge < -0.3 is 15.5 Å². The Morgan fingerprint density at radius 3 is 2.57 bits per heavy atom. The number of amidine groups is 1. The molecule has 1 aliphatic carbocycles. The highest BCUT2D eigenvalue weighted by atomic mass is 32.2. The number of nitrogens with zero attached hydrogens (tertiary/aromatic N) is 3. The molecule has 2 aliphatic heterocycles. The summed E-state index contributed by atoms with van der Waals surface area (Å²) in [6.45, 7) is 4.36. The molecule has 1 saturated carbocycles. The van der Waals surface area contributed by atoms with Crippen LogP contribution in [0.2, 0.25) is 0 Å². The third kappa shape index (κ3) is 6.13. The first kappa shape index (κ1) is 25.9. The van der Waals surface area contributed by atoms with E-state index < -0.39 is 15.6 Å². The van der Waals surface area contributed by atoms with Crippen LogP contribution in [0, 0.1) is 12.8 Å². The van der Waals surface area contributed by atoms with Gasteiger partial charge >= 0.3 is 0 Å². The maximum atomic E-state index is 13.0. The van der Waals surface area contributed by atoms with Crippen LogP contribution >= 0.6 is 0 Å². The van der Waals surface area contributed by atoms with Gasteiger partial charge in [-0.15, -0.1) is 0 Å². The number of nitrogens with one attached hydrogen (secondary N) is 2. The quantitative estimate of drug-likeness (QED) is 0.571. The summed E-state index contributed by atoms with van der Waals surface area (Å²) < 4.78 is 27.5. The molecule has 0 bridgehead atoms. The van der Waals surface area contributed by atoms with Crippen molar-refractivity contribution >= 4 is 33.5 Å². The zero-order valence-electron chi connectivity index (χ0n) is 21.2. The second-order valence-corrected chi connectivity index (χ2v) is 12.2. The molecule has 1 spiro atoms. The van der Waals surface area contributed by atoms with Crippen molar-refractivity contribution in [3.8, 4) is 0 Å². The summed E-state index contributed by atoms with van der Waals surface area (Å²) in [5, 5.41) is 7.71. The zero-order chi connectivity index (χ0) is 25.1. The van der Waals surface area contributed by atoms with Gasteiger partial charge in [0, 0.05) is 43.2 Å². The van der Waals surface area contributed by atoms with Gasteiger partial charge in [0.15, 0.2) is 0 Å². The van der Waals surface area contributed by atoms with Gasteiger partial charge in [0.1, 0.15) is 11.4 Å². The maximum Gasteiger partial charge on any atom is 0.253 e. The molecule has 1 aromatic carbocycles. The first-order valence-corrected chi connectivity index (χ1v) is 14.3. The van der Waals surface area contributed by atoms with Crippen molar-refractivity contribution in [3.05, 3.63) is 34.7 Å². The van der Waals surface area contributed by atoms with Crippen molar-refractivity contribution < 1.29 is 13.2 Å². The van der Waals surface area contributed by atoms with Crippen molar-refractivity contribution in [2.24, 2.45) is 10.9 Å². The van der Waals surface area contributed by atoms with Crippen molar-refractivity contribution in [1.82, 2.24) is 14.5 Å². The van der Waals surface area contributed by atoms with Crippen molar-refractivity contribution in [1.29, 1.82) is 0 Å². The van der Waals surface area contributed by atoms with Crippen LogP contribution in [0.1, 0.15) is 56.1 Å². The van der Waals surface area contributed by atoms with E-state index in [-0.39, 0.29) is 5.91 Å². The van der Waals surface area contributed by atoms with Gasteiger partial charge in [0.05, 0.1) is 0 Å². The monoisotopic (exact) mass is 501 g/mol. The molecular formula is C26H39N5O3S. The van der Waals surface area contributed by atoms with Crippen LogP contribution in [0.15, 0.2) is 28.6 Å². The Morgan fingerprint density at radius 1 is 1.20 bits per heavy atom. The lowest BCUT2D eigenvalue weighted by molar-refractivity contribution is -0.124. The number of piperidine rings is 1. The summed E-state index contributed by atoms with van der Waals surface area (Å²) in [5.41, 5.74) is 2.11. The minimum absolute atomic E-state index is 0.0550. The molecule has 0 aromatic heterocycles. The molecule has 0 radical (unpaired) electrons. The number of carbonyl (C=O) groups excluding carboxylic acids is 1. The Labute approximate surface area is 209 Å². The van der Waals surface area contributed by atoms with E-state index in [2.05, 4.69) is 15.5 Å². The SMILES string of the molecule is Cc1cc(NCCN(C)C)ccc1/C=C/S(=O)(=O)N1CCC2(CC1)N=C(C1CCCCC1)NC2=O. The number of aliphatic imine (C=N–C) groups is 1. The minimum atomic E-state index is -3.58. The molecular weight excluding hydrogens is 462 g/mol. The fraction of sp³-hybridized carbons (Fsp3) is 0.615. The number of amides is 1. The van der Waals surface area contributed by atoms with Gasteiger partial charge in [-0.05, 0) is 76.0 Å². The standard InChI is InChI=1S/C26H39N5O3S/c1-20-19-23(27-14-17-30(2)3)10-9-21(20)11-18-35(33,34)31-15-12-26(13-16-31)25(32)28-24(29-26)22-7-5-4-6-8-22/h9-11,18-19,22,27H,4-8,12-17H2,1-3H3,(H,28,29,32)/b18-11+. The molecule has 2 heterocycles. The summed E-state index contributed by atoms with van der Waals surface area (Å²) >= 11 is 0. The zero-order valence-corrected chi connectivity index (χ0v) is 22.0. The normalized spacial score (nSPS) is 21.6. The van der Waals surface area contributed by atoms with E-state index in [0.29, 0.717) is 31.8 Å². The van der Waals surface area contributed by atoms with Gasteiger partial charge in [-0.2, -0.15) is 4.31 Å². The van der Waals surface area contributed by atoms with Crippen LogP contribution in [0.4, 0.5) is 5.69 Å². The number of hydrogen-bond acceptors (Lipinski definition) is 6. The third-order valence-corrected chi connectivity index (χ3v) is 9.04. The molecule has 192 valence electrons. The lowest BCUT2D eigenvalue weighted by Gasteiger charge is -2.34. The number of likely N-dealkylation sites (N-methyl/N-ethyl adjacent to an activating group) is 1. The summed E-state index contributed by atoms with van der Waals surface area (Å²) in [6.07, 6.45) is 8.28. The molecule has 3 aliphatic rings. The molecule has 0 atom stereocenters. The fourth-order valence-corrected chi connectivity index (χ4v) is 6.38. The highest BCUT2D eigenvalue weighted by molar-refractivity contribution is 7.92. The molecule has 2 fully saturated rings. The Hall–Kier alpha value is -2.23. The summed E-state index contributed by atoms with van der Waals surface area (Å²) in [6, 6.07) is 5.95. The van der Waals surface area contributed by atoms with Crippen LogP contribution in [0.25, 0.3) is 6.08 Å². The Bertz CT molecular complexity index is 1080. The summed E-state index contributed by atoms with van der Waals surface area (Å²) in [5.74, 6) is 1.12. The van der Waals surface area contributed by atoms with Gasteiger partial charge in [-0.3, -0.25) is 9.79 Å². The molecule has 0 unspecified atom stereocenters. The molecule has 8 nitrogen and oxygen atoms in total. The second-order valence-electron chi connectivity index (χ2n) is 10.4. The van der Waals surface area contributed by atoms with Crippen LogP contribution in [0.5, 0.6) is 0 Å².